The topological polar surface area (TPSA) is 115 Å². The molecule has 0 atom stereocenters. The summed E-state index contributed by atoms with van der Waals surface area (Å²) < 4.78 is 5.11. The third-order valence-electron chi connectivity index (χ3n) is 2.75. The number of nitrogens with zero attached hydrogens (tertiary/aromatic N) is 2. The maximum absolute atomic E-state index is 10.9. The Hall–Kier alpha value is -2.71. The first-order valence-electron chi connectivity index (χ1n) is 6.11. The molecule has 0 fully saturated rings. The minimum atomic E-state index is -0.505. The van der Waals surface area contributed by atoms with Crippen LogP contribution in [0.3, 0.4) is 0 Å². The van der Waals surface area contributed by atoms with Gasteiger partial charge in [-0.15, -0.1) is 0 Å². The Labute approximate surface area is 121 Å². The fourth-order valence-corrected chi connectivity index (χ4v) is 1.82. The number of hydrazine groups is 1. The molecule has 0 amide bonds. The number of nitrogens with one attached hydrogen (secondary N) is 2. The van der Waals surface area contributed by atoms with Crippen LogP contribution in [0.15, 0.2) is 36.4 Å². The van der Waals surface area contributed by atoms with Crippen molar-refractivity contribution in [3.8, 4) is 0 Å². The van der Waals surface area contributed by atoms with Crippen LogP contribution >= 0.6 is 0 Å². The molecule has 2 rings (SSSR count). The molecule has 0 radical (unpaired) electrons. The second kappa shape index (κ2) is 6.64. The highest BCUT2D eigenvalue weighted by Gasteiger charge is 2.12. The van der Waals surface area contributed by atoms with Gasteiger partial charge in [0.1, 0.15) is 11.6 Å². The molecule has 21 heavy (non-hydrogen) atoms. The number of hydrogen-bond donors (Lipinski definition) is 3. The van der Waals surface area contributed by atoms with Crippen molar-refractivity contribution in [2.24, 2.45) is 5.84 Å². The summed E-state index contributed by atoms with van der Waals surface area (Å²) in [6, 6.07) is 10.1. The van der Waals surface area contributed by atoms with Gasteiger partial charge in [-0.25, -0.2) is 10.8 Å². The molecule has 8 nitrogen and oxygen atoms in total. The summed E-state index contributed by atoms with van der Waals surface area (Å²) in [6.07, 6.45) is 0. The molecule has 2 aromatic rings. The van der Waals surface area contributed by atoms with Crippen molar-refractivity contribution in [1.29, 1.82) is 0 Å². The van der Waals surface area contributed by atoms with Gasteiger partial charge in [0.15, 0.2) is 0 Å². The van der Waals surface area contributed by atoms with Gasteiger partial charge in [0.05, 0.1) is 23.7 Å². The number of nitrogens with two attached hydrogens (primary N) is 1. The Kier molecular flexibility index (Phi) is 4.64. The number of pyridine rings is 1. The van der Waals surface area contributed by atoms with Crippen molar-refractivity contribution < 1.29 is 9.66 Å². The first-order chi connectivity index (χ1) is 10.1. The molecular formula is C13H15N5O3. The zero-order valence-electron chi connectivity index (χ0n) is 11.4. The average Bonchev–Trinajstić information content (AvgIpc) is 2.49. The zero-order chi connectivity index (χ0) is 15.2. The Morgan fingerprint density at radius 2 is 2.05 bits per heavy atom. The fraction of sp³-hybridized carbons (Fsp3) is 0.154. The van der Waals surface area contributed by atoms with E-state index in [-0.39, 0.29) is 11.5 Å². The van der Waals surface area contributed by atoms with E-state index in [2.05, 4.69) is 15.7 Å². The first-order valence-corrected chi connectivity index (χ1v) is 6.11. The lowest BCUT2D eigenvalue weighted by atomic mass is 10.2. The molecule has 1 heterocycles. The van der Waals surface area contributed by atoms with Gasteiger partial charge in [-0.1, -0.05) is 18.2 Å². The Morgan fingerprint density at radius 1 is 1.33 bits per heavy atom. The molecule has 0 spiro atoms. The molecule has 1 aromatic carbocycles. The molecule has 110 valence electrons. The number of methoxy groups -OCH3 is 1. The van der Waals surface area contributed by atoms with Crippen LogP contribution in [0.5, 0.6) is 0 Å². The lowest BCUT2D eigenvalue weighted by molar-refractivity contribution is -0.384. The van der Waals surface area contributed by atoms with Crippen molar-refractivity contribution >= 4 is 23.0 Å². The normalized spacial score (nSPS) is 10.2. The summed E-state index contributed by atoms with van der Waals surface area (Å²) in [7, 11) is 1.60. The van der Waals surface area contributed by atoms with E-state index < -0.39 is 4.92 Å². The quantitative estimate of drug-likeness (QED) is 0.424. The van der Waals surface area contributed by atoms with Gasteiger partial charge in [0.25, 0.3) is 5.69 Å². The molecule has 8 heteroatoms. The Morgan fingerprint density at radius 3 is 2.71 bits per heavy atom. The SMILES string of the molecule is COCc1ccccc1Nc1cc([N+](=O)[O-])cc(NN)n1. The minimum absolute atomic E-state index is 0.107. The second-order valence-corrected chi connectivity index (χ2v) is 4.21. The van der Waals surface area contributed by atoms with Crippen LogP contribution in [-0.2, 0) is 11.3 Å². The minimum Gasteiger partial charge on any atom is -0.380 e. The van der Waals surface area contributed by atoms with Crippen molar-refractivity contribution in [1.82, 2.24) is 4.98 Å². The largest absolute Gasteiger partial charge is 0.380 e. The van der Waals surface area contributed by atoms with Gasteiger partial charge < -0.3 is 15.5 Å². The molecule has 0 bridgehead atoms. The predicted molar refractivity (Wildman–Crippen MR) is 79.1 cm³/mol. The summed E-state index contributed by atoms with van der Waals surface area (Å²) in [4.78, 5) is 14.5. The molecular weight excluding hydrogens is 274 g/mol. The summed E-state index contributed by atoms with van der Waals surface area (Å²) in [5.41, 5.74) is 3.87. The average molecular weight is 289 g/mol. The molecule has 0 saturated carbocycles. The van der Waals surface area contributed by atoms with E-state index in [0.717, 1.165) is 11.3 Å². The van der Waals surface area contributed by atoms with Crippen LogP contribution in [0.2, 0.25) is 0 Å². The molecule has 4 N–H and O–H groups in total. The molecule has 0 unspecified atom stereocenters. The number of anilines is 3. The van der Waals surface area contributed by atoms with E-state index in [1.807, 2.05) is 24.3 Å². The van der Waals surface area contributed by atoms with Crippen molar-refractivity contribution in [3.05, 3.63) is 52.1 Å². The van der Waals surface area contributed by atoms with Gasteiger partial charge >= 0.3 is 0 Å². The third kappa shape index (κ3) is 3.65. The van der Waals surface area contributed by atoms with Gasteiger partial charge in [-0.05, 0) is 6.07 Å². The molecule has 0 saturated heterocycles. The fourth-order valence-electron chi connectivity index (χ4n) is 1.82. The number of nitrogen functional groups attached to an aromatic ring is 1. The first kappa shape index (κ1) is 14.7. The molecule has 0 aliphatic heterocycles. The molecule has 0 aliphatic carbocycles. The Balaban J connectivity index is 2.35. The van der Waals surface area contributed by atoms with Crippen LogP contribution in [0.4, 0.5) is 23.0 Å². The number of benzene rings is 1. The number of aromatic nitrogens is 1. The monoisotopic (exact) mass is 289 g/mol. The maximum atomic E-state index is 10.9. The van der Waals surface area contributed by atoms with Crippen LogP contribution in [-0.4, -0.2) is 17.0 Å². The zero-order valence-corrected chi connectivity index (χ0v) is 11.4. The van der Waals surface area contributed by atoms with Crippen LogP contribution in [0, 0.1) is 10.1 Å². The van der Waals surface area contributed by atoms with Crippen molar-refractivity contribution in [2.75, 3.05) is 17.9 Å². The van der Waals surface area contributed by atoms with Gasteiger partial charge in [-0.3, -0.25) is 10.1 Å². The van der Waals surface area contributed by atoms with E-state index in [1.165, 1.54) is 12.1 Å². The Bertz CT molecular complexity index is 647. The van der Waals surface area contributed by atoms with E-state index in [0.29, 0.717) is 12.4 Å². The number of hydrogen-bond acceptors (Lipinski definition) is 7. The van der Waals surface area contributed by atoms with E-state index in [9.17, 15) is 10.1 Å². The van der Waals surface area contributed by atoms with Gasteiger partial charge in [-0.2, -0.15) is 0 Å². The van der Waals surface area contributed by atoms with Crippen molar-refractivity contribution in [2.45, 2.75) is 6.61 Å². The van der Waals surface area contributed by atoms with Crippen molar-refractivity contribution in [3.63, 3.8) is 0 Å². The van der Waals surface area contributed by atoms with E-state index in [4.69, 9.17) is 10.6 Å². The van der Waals surface area contributed by atoms with E-state index >= 15 is 0 Å². The van der Waals surface area contributed by atoms with Crippen LogP contribution in [0.25, 0.3) is 0 Å². The summed E-state index contributed by atoms with van der Waals surface area (Å²) >= 11 is 0. The lowest BCUT2D eigenvalue weighted by Gasteiger charge is -2.11. The number of ether oxygens (including phenoxy) is 1. The maximum Gasteiger partial charge on any atom is 0.276 e. The molecule has 0 aliphatic rings. The highest BCUT2D eigenvalue weighted by molar-refractivity contribution is 5.64. The number of rotatable bonds is 6. The predicted octanol–water partition coefficient (Wildman–Crippen LogP) is 2.17. The summed E-state index contributed by atoms with van der Waals surface area (Å²) in [5, 5.41) is 13.9. The summed E-state index contributed by atoms with van der Waals surface area (Å²) in [6.45, 7) is 0.417. The number of para-hydroxylation sites is 1. The molecule has 1 aromatic heterocycles. The highest BCUT2D eigenvalue weighted by Crippen LogP contribution is 2.25. The standard InChI is InChI=1S/C13H15N5O3/c1-21-8-9-4-2-3-5-11(9)15-12-6-10(18(19)20)7-13(16-12)17-14/h2-7H,8,14H2,1H3,(H2,15,16,17). The van der Waals surface area contributed by atoms with Crippen LogP contribution < -0.4 is 16.6 Å². The second-order valence-electron chi connectivity index (χ2n) is 4.21. The third-order valence-corrected chi connectivity index (χ3v) is 2.75. The van der Waals surface area contributed by atoms with E-state index in [1.54, 1.807) is 7.11 Å². The van der Waals surface area contributed by atoms with Gasteiger partial charge in [0.2, 0.25) is 0 Å². The van der Waals surface area contributed by atoms with Gasteiger partial charge in [0, 0.05) is 18.4 Å². The number of nitro groups is 1. The highest BCUT2D eigenvalue weighted by atomic mass is 16.6. The smallest absolute Gasteiger partial charge is 0.276 e. The summed E-state index contributed by atoms with van der Waals surface area (Å²) in [5.74, 6) is 5.80. The lowest BCUT2D eigenvalue weighted by Crippen LogP contribution is -2.10. The van der Waals surface area contributed by atoms with Crippen LogP contribution in [0.1, 0.15) is 5.56 Å².